The number of phosphoric ester groups is 2. The van der Waals surface area contributed by atoms with Crippen molar-refractivity contribution >= 4 is 15.6 Å². The van der Waals surface area contributed by atoms with Gasteiger partial charge in [-0.3, -0.25) is 23.4 Å². The van der Waals surface area contributed by atoms with E-state index >= 15 is 0 Å². The molecular formula is C15H24N2O17P2. The van der Waals surface area contributed by atoms with Crippen LogP contribution in [0.3, 0.4) is 0 Å². The number of aliphatic hydroxyl groups is 6. The van der Waals surface area contributed by atoms with E-state index in [1.807, 2.05) is 4.98 Å². The highest BCUT2D eigenvalue weighted by Crippen LogP contribution is 2.61. The van der Waals surface area contributed by atoms with Gasteiger partial charge in [0.15, 0.2) is 12.5 Å². The molecule has 206 valence electrons. The van der Waals surface area contributed by atoms with Gasteiger partial charge in [0.05, 0.1) is 15.9 Å². The molecular weight excluding hydrogens is 542 g/mol. The van der Waals surface area contributed by atoms with Gasteiger partial charge in [-0.05, 0) is 0 Å². The fraction of sp³-hybridized carbons (Fsp3) is 0.733. The maximum Gasteiger partial charge on any atom is 0.483 e. The minimum absolute atomic E-state index is 0.697. The molecule has 19 nitrogen and oxygen atoms in total. The second kappa shape index (κ2) is 11.2. The van der Waals surface area contributed by atoms with E-state index in [0.717, 1.165) is 12.3 Å². The first kappa shape index (κ1) is 26.2. The first-order chi connectivity index (χ1) is 17.3. The van der Waals surface area contributed by atoms with Crippen molar-refractivity contribution < 1.29 is 75.1 Å². The monoisotopic (exact) mass is 570 g/mol. The summed E-state index contributed by atoms with van der Waals surface area (Å²) in [5.74, 6) is 0. The summed E-state index contributed by atoms with van der Waals surface area (Å²) in [6, 6.07) is 0.908. The van der Waals surface area contributed by atoms with Gasteiger partial charge < -0.3 is 49.9 Å². The Morgan fingerprint density at radius 3 is 2.22 bits per heavy atom. The van der Waals surface area contributed by atoms with E-state index in [1.54, 1.807) is 0 Å². The molecule has 2 saturated heterocycles. The summed E-state index contributed by atoms with van der Waals surface area (Å²) in [6.07, 6.45) is -17.5. The number of aliphatic hydroxyl groups excluding tert-OH is 5. The van der Waals surface area contributed by atoms with Gasteiger partial charge in [-0.2, -0.15) is 4.31 Å². The van der Waals surface area contributed by atoms with Crippen LogP contribution in [0.4, 0.5) is 0 Å². The van der Waals surface area contributed by atoms with Crippen molar-refractivity contribution in [2.24, 2.45) is 0 Å². The molecule has 1 aromatic rings. The van der Waals surface area contributed by atoms with Gasteiger partial charge in [-0.1, -0.05) is 0 Å². The predicted octanol–water partition coefficient (Wildman–Crippen LogP) is -4.79. The Morgan fingerprint density at radius 2 is 1.61 bits per heavy atom. The molecule has 21 heteroatoms. The number of aromatic nitrogens is 2. The van der Waals surface area contributed by atoms with Crippen molar-refractivity contribution in [2.45, 2.75) is 55.2 Å². The minimum atomic E-state index is -5.76. The summed E-state index contributed by atoms with van der Waals surface area (Å²) in [4.78, 5) is 44.6. The van der Waals surface area contributed by atoms with Crippen LogP contribution in [0.5, 0.6) is 0 Å². The molecule has 1 aromatic heterocycles. The number of H-pyrrole nitrogens is 1. The van der Waals surface area contributed by atoms with Crippen molar-refractivity contribution in [1.82, 2.24) is 9.55 Å². The Hall–Kier alpha value is -1.38. The molecule has 0 spiro atoms. The van der Waals surface area contributed by atoms with E-state index in [0.29, 0.717) is 4.57 Å². The second-order valence-corrected chi connectivity index (χ2v) is 10.5. The second-order valence-electron chi connectivity index (χ2n) is 7.51. The molecule has 9 N–H and O–H groups in total. The van der Waals surface area contributed by atoms with Crippen LogP contribution in [0.2, 0.25) is 0 Å². The average molecular weight is 570 g/mol. The quantitative estimate of drug-likeness (QED) is 0.126. The molecule has 0 bridgehead atoms. The van der Waals surface area contributed by atoms with Crippen LogP contribution in [-0.2, 0) is 32.0 Å². The van der Waals surface area contributed by atoms with Gasteiger partial charge in [-0.25, -0.2) is 13.9 Å². The Labute approximate surface area is 202 Å². The van der Waals surface area contributed by atoms with E-state index in [-0.39, 0.29) is 0 Å². The van der Waals surface area contributed by atoms with Gasteiger partial charge in [-0.15, -0.1) is 0 Å². The topological polar surface area (TPSA) is 297 Å². The lowest BCUT2D eigenvalue weighted by molar-refractivity contribution is -0.280. The minimum Gasteiger partial charge on any atom is -0.394 e. The summed E-state index contributed by atoms with van der Waals surface area (Å²) < 4.78 is 62.2. The average Bonchev–Trinajstić information content (AvgIpc) is 3.05. The van der Waals surface area contributed by atoms with Crippen molar-refractivity contribution in [1.29, 1.82) is 0 Å². The normalized spacial score (nSPS) is 39.6. The Kier molecular flexibility index (Phi) is 8.13. The van der Waals surface area contributed by atoms with E-state index in [2.05, 4.69) is 18.1 Å². The van der Waals surface area contributed by atoms with Crippen molar-refractivity contribution in [3.63, 3.8) is 0 Å². The molecule has 0 radical (unpaired) electrons. The number of rotatable bonds is 9. The van der Waals surface area contributed by atoms with Crippen molar-refractivity contribution in [3.8, 4) is 0 Å². The Bertz CT molecular complexity index is 1210. The molecule has 11 atom stereocenters. The van der Waals surface area contributed by atoms with E-state index in [9.17, 15) is 59.1 Å². The Morgan fingerprint density at radius 1 is 0.972 bits per heavy atom. The van der Waals surface area contributed by atoms with Crippen molar-refractivity contribution in [3.05, 3.63) is 33.1 Å². The molecule has 2 unspecified atom stereocenters. The lowest BCUT2D eigenvalue weighted by Crippen LogP contribution is -2.58. The Balaban J connectivity index is 1.63. The number of phosphoric acid groups is 2. The molecule has 3 heterocycles. The molecule has 2 aliphatic rings. The highest BCUT2D eigenvalue weighted by atomic mass is 31.3. The maximum absolute atomic E-state index is 12.2. The fourth-order valence-corrected chi connectivity index (χ4v) is 5.40. The zero-order valence-electron chi connectivity index (χ0n) is 19.7. The van der Waals surface area contributed by atoms with Gasteiger partial charge in [0.2, 0.25) is 0 Å². The summed E-state index contributed by atoms with van der Waals surface area (Å²) in [5, 5.41) is 59.1. The van der Waals surface area contributed by atoms with Gasteiger partial charge in [0.25, 0.3) is 5.56 Å². The smallest absolute Gasteiger partial charge is 0.394 e. The largest absolute Gasteiger partial charge is 0.483 e. The number of ether oxygens (including phenoxy) is 2. The van der Waals surface area contributed by atoms with Gasteiger partial charge in [0, 0.05) is 12.3 Å². The standard InChI is InChI=1S/C15H24N2O17P2/c18-3-5-8(20)10(22)12(24)14(32-5)33-36(28,29)34-35(26,27)30-4-6-9(21)11(23)13(31-6)17-2-1-7(19)16-15(17)25/h1-2,5-6,8-14,18,20-24H,3-4H2,(H,26,27)(H,28,29)(H,16,19,25)/t5-,6-,8+,9-,10+,11-,12-,13-,14+/m1/s1/i3T2. The van der Waals surface area contributed by atoms with Gasteiger partial charge in [0.1, 0.15) is 42.7 Å². The van der Waals surface area contributed by atoms with Crippen LogP contribution >= 0.6 is 15.6 Å². The van der Waals surface area contributed by atoms with Crippen LogP contribution in [-0.4, -0.2) is 112 Å². The lowest BCUT2D eigenvalue weighted by Gasteiger charge is -2.39. The molecule has 2 aliphatic heterocycles. The van der Waals surface area contributed by atoms with Crippen LogP contribution in [0.1, 0.15) is 8.97 Å². The molecule has 0 amide bonds. The molecule has 0 saturated carbocycles. The molecule has 0 aromatic carbocycles. The third-order valence-corrected chi connectivity index (χ3v) is 7.61. The van der Waals surface area contributed by atoms with Crippen LogP contribution in [0.25, 0.3) is 0 Å². The van der Waals surface area contributed by atoms with Crippen molar-refractivity contribution in [2.75, 3.05) is 13.2 Å². The number of nitrogens with zero attached hydrogens (tertiary/aromatic N) is 1. The number of hydrogen-bond acceptors (Lipinski definition) is 15. The molecule has 0 aliphatic carbocycles. The van der Waals surface area contributed by atoms with E-state index < -0.39 is 95.3 Å². The zero-order chi connectivity index (χ0) is 28.8. The first-order valence-electron chi connectivity index (χ1n) is 10.8. The number of hydrogen-bond donors (Lipinski definition) is 9. The zero-order valence-corrected chi connectivity index (χ0v) is 19.4. The number of nitrogens with one attached hydrogen (secondary N) is 1. The fourth-order valence-electron chi connectivity index (χ4n) is 3.24. The first-order valence-corrected chi connectivity index (χ1v) is 12.8. The summed E-state index contributed by atoms with van der Waals surface area (Å²) in [5.41, 5.74) is -1.79. The highest BCUT2D eigenvalue weighted by Gasteiger charge is 2.49. The lowest BCUT2D eigenvalue weighted by atomic mass is 10.00. The third kappa shape index (κ3) is 6.54. The summed E-state index contributed by atoms with van der Waals surface area (Å²) in [7, 11) is -11.3. The SMILES string of the molecule is [3H]C([3H])(O)[C@H]1O[C@@H](OP(=O)(O)OP(=O)(O)OC[C@H]2O[C@@H](n3ccc(=O)[nH]c3=O)[C@H](O)[C@@H]2O)[C@H](O)[C@@H](O)[C@H]1O. The predicted molar refractivity (Wildman–Crippen MR) is 109 cm³/mol. The molecule has 36 heavy (non-hydrogen) atoms. The molecule has 2 fully saturated rings. The molecule has 3 rings (SSSR count). The van der Waals surface area contributed by atoms with Crippen LogP contribution < -0.4 is 11.2 Å². The van der Waals surface area contributed by atoms with Crippen LogP contribution in [0, 0.1) is 0 Å². The van der Waals surface area contributed by atoms with E-state index in [1.165, 1.54) is 0 Å². The highest BCUT2D eigenvalue weighted by molar-refractivity contribution is 7.61. The summed E-state index contributed by atoms with van der Waals surface area (Å²) >= 11 is 0. The van der Waals surface area contributed by atoms with Crippen LogP contribution in [0.15, 0.2) is 21.9 Å². The number of aromatic amines is 1. The van der Waals surface area contributed by atoms with E-state index in [4.69, 9.17) is 7.48 Å². The van der Waals surface area contributed by atoms with Gasteiger partial charge >= 0.3 is 21.3 Å². The summed E-state index contributed by atoms with van der Waals surface area (Å²) in [6.45, 7) is -4.43. The third-order valence-electron chi connectivity index (χ3n) is 5.00. The maximum atomic E-state index is 12.2.